The summed E-state index contributed by atoms with van der Waals surface area (Å²) in [6, 6.07) is 0. The molecular weight excluding hydrogens is 292 g/mol. The van der Waals surface area contributed by atoms with Crippen molar-refractivity contribution in [1.82, 2.24) is 15.1 Å². The molecule has 0 saturated heterocycles. The number of carbonyl (C=O) groups is 1. The van der Waals surface area contributed by atoms with Crippen LogP contribution in [0.2, 0.25) is 0 Å². The van der Waals surface area contributed by atoms with Gasteiger partial charge in [0.2, 0.25) is 0 Å². The number of methoxy groups -OCH3 is 1. The molecule has 0 aliphatic carbocycles. The molecule has 7 nitrogen and oxygen atoms in total. The molecule has 0 saturated carbocycles. The molecule has 1 rings (SSSR count). The third-order valence-electron chi connectivity index (χ3n) is 2.46. The SMILES string of the molecule is CCn1cc(NC(=S)NCCOC)c(C(=O)OC(C)C)n1. The van der Waals surface area contributed by atoms with E-state index in [0.29, 0.717) is 30.5 Å². The molecule has 0 aliphatic rings. The smallest absolute Gasteiger partial charge is 0.361 e. The number of nitrogens with zero attached hydrogens (tertiary/aromatic N) is 2. The number of aromatic nitrogens is 2. The van der Waals surface area contributed by atoms with Crippen molar-refractivity contribution in [2.45, 2.75) is 33.4 Å². The fourth-order valence-electron chi connectivity index (χ4n) is 1.53. The highest BCUT2D eigenvalue weighted by Crippen LogP contribution is 2.16. The van der Waals surface area contributed by atoms with Crippen LogP contribution in [0, 0.1) is 0 Å². The third-order valence-corrected chi connectivity index (χ3v) is 2.71. The highest BCUT2D eigenvalue weighted by Gasteiger charge is 2.19. The number of ether oxygens (including phenoxy) is 2. The van der Waals surface area contributed by atoms with Crippen LogP contribution < -0.4 is 10.6 Å². The first-order valence-electron chi connectivity index (χ1n) is 6.80. The number of nitrogens with one attached hydrogen (secondary N) is 2. The van der Waals surface area contributed by atoms with Gasteiger partial charge in [0.05, 0.1) is 18.4 Å². The number of aryl methyl sites for hydroxylation is 1. The number of anilines is 1. The zero-order chi connectivity index (χ0) is 15.8. The van der Waals surface area contributed by atoms with E-state index >= 15 is 0 Å². The summed E-state index contributed by atoms with van der Waals surface area (Å²) in [5.74, 6) is -0.473. The molecule has 0 aromatic carbocycles. The van der Waals surface area contributed by atoms with Crippen molar-refractivity contribution >= 4 is 29.0 Å². The first-order valence-corrected chi connectivity index (χ1v) is 7.21. The summed E-state index contributed by atoms with van der Waals surface area (Å²) >= 11 is 5.16. The average Bonchev–Trinajstić information content (AvgIpc) is 2.81. The first kappa shape index (κ1) is 17.4. The van der Waals surface area contributed by atoms with Crippen LogP contribution in [0.1, 0.15) is 31.3 Å². The van der Waals surface area contributed by atoms with Crippen molar-refractivity contribution in [2.24, 2.45) is 0 Å². The molecule has 21 heavy (non-hydrogen) atoms. The lowest BCUT2D eigenvalue weighted by Crippen LogP contribution is -2.31. The molecule has 0 fully saturated rings. The number of esters is 1. The normalized spacial score (nSPS) is 10.5. The van der Waals surface area contributed by atoms with E-state index in [2.05, 4.69) is 15.7 Å². The van der Waals surface area contributed by atoms with E-state index in [4.69, 9.17) is 21.7 Å². The number of hydrogen-bond acceptors (Lipinski definition) is 5. The second-order valence-electron chi connectivity index (χ2n) is 4.57. The molecule has 0 radical (unpaired) electrons. The molecule has 1 heterocycles. The fraction of sp³-hybridized carbons (Fsp3) is 0.615. The van der Waals surface area contributed by atoms with Gasteiger partial charge in [-0.1, -0.05) is 0 Å². The van der Waals surface area contributed by atoms with Crippen molar-refractivity contribution in [2.75, 3.05) is 25.6 Å². The molecule has 1 aromatic rings. The number of thiocarbonyl (C=S) groups is 1. The minimum atomic E-state index is -0.473. The van der Waals surface area contributed by atoms with E-state index < -0.39 is 5.97 Å². The number of rotatable bonds is 7. The number of hydrogen-bond donors (Lipinski definition) is 2. The van der Waals surface area contributed by atoms with Crippen LogP contribution in [0.5, 0.6) is 0 Å². The van der Waals surface area contributed by atoms with E-state index in [1.54, 1.807) is 31.8 Å². The van der Waals surface area contributed by atoms with Gasteiger partial charge in [0.25, 0.3) is 0 Å². The predicted octanol–water partition coefficient (Wildman–Crippen LogP) is 1.40. The Hall–Kier alpha value is -1.67. The Kier molecular flexibility index (Phi) is 7.10. The standard InChI is InChI=1S/C13H22N4O3S/c1-5-17-8-10(15-13(21)14-6-7-19-4)11(16-17)12(18)20-9(2)3/h8-9H,5-7H2,1-4H3,(H2,14,15,21). The number of carbonyl (C=O) groups excluding carboxylic acids is 1. The van der Waals surface area contributed by atoms with Crippen LogP contribution in [-0.2, 0) is 16.0 Å². The van der Waals surface area contributed by atoms with Gasteiger partial charge < -0.3 is 20.1 Å². The minimum Gasteiger partial charge on any atom is -0.458 e. The summed E-state index contributed by atoms with van der Waals surface area (Å²) < 4.78 is 11.8. The molecule has 0 bridgehead atoms. The van der Waals surface area contributed by atoms with Crippen molar-refractivity contribution in [3.8, 4) is 0 Å². The van der Waals surface area contributed by atoms with Gasteiger partial charge in [-0.3, -0.25) is 4.68 Å². The maximum Gasteiger partial charge on any atom is 0.361 e. The van der Waals surface area contributed by atoms with Gasteiger partial charge in [0, 0.05) is 26.4 Å². The highest BCUT2D eigenvalue weighted by molar-refractivity contribution is 7.80. The van der Waals surface area contributed by atoms with Crippen molar-refractivity contribution in [1.29, 1.82) is 0 Å². The molecule has 0 unspecified atom stereocenters. The van der Waals surface area contributed by atoms with E-state index in [9.17, 15) is 4.79 Å². The molecule has 0 amide bonds. The average molecular weight is 314 g/mol. The molecule has 118 valence electrons. The zero-order valence-electron chi connectivity index (χ0n) is 12.8. The second-order valence-corrected chi connectivity index (χ2v) is 4.98. The monoisotopic (exact) mass is 314 g/mol. The fourth-order valence-corrected chi connectivity index (χ4v) is 1.74. The molecule has 0 spiro atoms. The second kappa shape index (κ2) is 8.58. The predicted molar refractivity (Wildman–Crippen MR) is 84.6 cm³/mol. The van der Waals surface area contributed by atoms with Gasteiger partial charge in [-0.15, -0.1) is 0 Å². The summed E-state index contributed by atoms with van der Waals surface area (Å²) in [5, 5.41) is 10.5. The summed E-state index contributed by atoms with van der Waals surface area (Å²) in [6.45, 7) is 7.28. The Labute approximate surface area is 130 Å². The van der Waals surface area contributed by atoms with E-state index in [-0.39, 0.29) is 11.8 Å². The first-order chi connectivity index (χ1) is 9.97. The summed E-state index contributed by atoms with van der Waals surface area (Å²) in [7, 11) is 1.61. The molecule has 1 aromatic heterocycles. The lowest BCUT2D eigenvalue weighted by atomic mass is 10.3. The van der Waals surface area contributed by atoms with Crippen LogP contribution in [0.15, 0.2) is 6.20 Å². The van der Waals surface area contributed by atoms with E-state index in [1.165, 1.54) is 0 Å². The minimum absolute atomic E-state index is 0.205. The lowest BCUT2D eigenvalue weighted by Gasteiger charge is -2.10. The summed E-state index contributed by atoms with van der Waals surface area (Å²) in [5.41, 5.74) is 0.749. The summed E-state index contributed by atoms with van der Waals surface area (Å²) in [4.78, 5) is 12.0. The Balaban J connectivity index is 2.77. The largest absolute Gasteiger partial charge is 0.458 e. The van der Waals surface area contributed by atoms with Crippen molar-refractivity contribution in [3.05, 3.63) is 11.9 Å². The van der Waals surface area contributed by atoms with Crippen LogP contribution in [0.4, 0.5) is 5.69 Å². The van der Waals surface area contributed by atoms with Gasteiger partial charge in [-0.2, -0.15) is 5.10 Å². The van der Waals surface area contributed by atoms with Gasteiger partial charge in [0.15, 0.2) is 10.8 Å². The molecule has 8 heteroatoms. The molecule has 0 atom stereocenters. The van der Waals surface area contributed by atoms with E-state index in [1.807, 2.05) is 6.92 Å². The molecule has 0 aliphatic heterocycles. The Morgan fingerprint density at radius 1 is 1.52 bits per heavy atom. The van der Waals surface area contributed by atoms with E-state index in [0.717, 1.165) is 0 Å². The Morgan fingerprint density at radius 2 is 2.24 bits per heavy atom. The topological polar surface area (TPSA) is 77.4 Å². The van der Waals surface area contributed by atoms with Gasteiger partial charge in [-0.25, -0.2) is 4.79 Å². The van der Waals surface area contributed by atoms with Crippen LogP contribution in [0.3, 0.4) is 0 Å². The van der Waals surface area contributed by atoms with Crippen molar-refractivity contribution < 1.29 is 14.3 Å². The van der Waals surface area contributed by atoms with Crippen LogP contribution in [0.25, 0.3) is 0 Å². The molecule has 2 N–H and O–H groups in total. The Morgan fingerprint density at radius 3 is 2.81 bits per heavy atom. The maximum absolute atomic E-state index is 12.0. The summed E-state index contributed by atoms with van der Waals surface area (Å²) in [6.07, 6.45) is 1.52. The van der Waals surface area contributed by atoms with Crippen LogP contribution >= 0.6 is 12.2 Å². The zero-order valence-corrected chi connectivity index (χ0v) is 13.6. The quantitative estimate of drug-likeness (QED) is 0.447. The van der Waals surface area contributed by atoms with Gasteiger partial charge >= 0.3 is 5.97 Å². The lowest BCUT2D eigenvalue weighted by molar-refractivity contribution is 0.0371. The Bertz CT molecular complexity index is 488. The van der Waals surface area contributed by atoms with Crippen LogP contribution in [-0.4, -0.2) is 47.2 Å². The third kappa shape index (κ3) is 5.68. The molecular formula is C13H22N4O3S. The van der Waals surface area contributed by atoms with Crippen molar-refractivity contribution in [3.63, 3.8) is 0 Å². The van der Waals surface area contributed by atoms with Gasteiger partial charge in [0.1, 0.15) is 0 Å². The maximum atomic E-state index is 12.0. The van der Waals surface area contributed by atoms with Gasteiger partial charge in [-0.05, 0) is 33.0 Å². The highest BCUT2D eigenvalue weighted by atomic mass is 32.1.